The first-order valence-corrected chi connectivity index (χ1v) is 13.4. The van der Waals surface area contributed by atoms with E-state index >= 15 is 0 Å². The van der Waals surface area contributed by atoms with E-state index in [0.717, 1.165) is 40.2 Å². The zero-order valence-corrected chi connectivity index (χ0v) is 23.0. The van der Waals surface area contributed by atoms with Crippen LogP contribution >= 0.6 is 0 Å². The summed E-state index contributed by atoms with van der Waals surface area (Å²) in [4.78, 5) is 11.4. The van der Waals surface area contributed by atoms with Gasteiger partial charge in [0.25, 0.3) is 0 Å². The first-order valence-electron chi connectivity index (χ1n) is 13.4. The van der Waals surface area contributed by atoms with Gasteiger partial charge in [-0.15, -0.1) is 0 Å². The Morgan fingerprint density at radius 3 is 2.49 bits per heavy atom. The average molecular weight is 529 g/mol. The molecule has 6 heteroatoms. The maximum absolute atomic E-state index is 11.4. The van der Waals surface area contributed by atoms with Crippen molar-refractivity contribution >= 4 is 5.97 Å². The summed E-state index contributed by atoms with van der Waals surface area (Å²) in [6.07, 6.45) is 0.382. The van der Waals surface area contributed by atoms with Gasteiger partial charge >= 0.3 is 5.97 Å². The molecule has 0 aromatic heterocycles. The number of aliphatic carboxylic acids is 1. The highest BCUT2D eigenvalue weighted by Gasteiger charge is 2.40. The second-order valence-electron chi connectivity index (χ2n) is 11.1. The lowest BCUT2D eigenvalue weighted by Crippen LogP contribution is -2.35. The van der Waals surface area contributed by atoms with Gasteiger partial charge in [-0.05, 0) is 61.2 Å². The standard InChI is InChI=1S/C33H36O6/c1-20(2)25-17-26(22-11-13-29-30(15-22)38-19-37-29)21(3)39-32(25)27-16-24(12-14-28(27)36-18-31(34)35)33(4,5)23-9-7-6-8-10-23/h6-16,21,25-26,32H,1,17-19H2,2-5H3,(H,34,35)/t21-,25+,26-,32-/m0/s1. The van der Waals surface area contributed by atoms with Crippen molar-refractivity contribution in [3.63, 3.8) is 0 Å². The van der Waals surface area contributed by atoms with Gasteiger partial charge in [-0.3, -0.25) is 0 Å². The molecule has 3 aromatic rings. The minimum absolute atomic E-state index is 0.00103. The molecular weight excluding hydrogens is 492 g/mol. The number of rotatable bonds is 8. The van der Waals surface area contributed by atoms with Crippen LogP contribution in [0.25, 0.3) is 0 Å². The largest absolute Gasteiger partial charge is 0.482 e. The zero-order valence-electron chi connectivity index (χ0n) is 23.0. The lowest BCUT2D eigenvalue weighted by Gasteiger charge is -2.42. The molecule has 0 amide bonds. The van der Waals surface area contributed by atoms with Crippen molar-refractivity contribution in [1.82, 2.24) is 0 Å². The quantitative estimate of drug-likeness (QED) is 0.317. The third-order valence-electron chi connectivity index (χ3n) is 8.14. The summed E-state index contributed by atoms with van der Waals surface area (Å²) in [6, 6.07) is 22.5. The Kier molecular flexibility index (Phi) is 7.41. The van der Waals surface area contributed by atoms with Gasteiger partial charge in [0.1, 0.15) is 5.75 Å². The maximum atomic E-state index is 11.4. The second-order valence-corrected chi connectivity index (χ2v) is 11.1. The number of carbonyl (C=O) groups is 1. The van der Waals surface area contributed by atoms with Gasteiger partial charge < -0.3 is 24.1 Å². The SMILES string of the molecule is C=C(C)[C@H]1C[C@H](c2ccc3c(c2)OCO3)[C@H](C)O[C@@H]1c1cc(C(C)(C)c2ccccc2)ccc1OCC(=O)O. The second kappa shape index (κ2) is 10.8. The molecule has 0 spiro atoms. The minimum Gasteiger partial charge on any atom is -0.482 e. The number of carboxylic acid groups (broad SMARTS) is 1. The molecule has 3 aromatic carbocycles. The van der Waals surface area contributed by atoms with Crippen LogP contribution in [0.5, 0.6) is 17.2 Å². The molecule has 2 aliphatic heterocycles. The van der Waals surface area contributed by atoms with Crippen molar-refractivity contribution in [2.24, 2.45) is 5.92 Å². The van der Waals surface area contributed by atoms with Crippen LogP contribution in [0.3, 0.4) is 0 Å². The van der Waals surface area contributed by atoms with E-state index in [0.29, 0.717) is 5.75 Å². The van der Waals surface area contributed by atoms with Crippen LogP contribution in [0, 0.1) is 5.92 Å². The highest BCUT2D eigenvalue weighted by molar-refractivity contribution is 5.68. The Hall–Kier alpha value is -3.77. The molecule has 6 nitrogen and oxygen atoms in total. The summed E-state index contributed by atoms with van der Waals surface area (Å²) in [5.41, 5.74) is 5.00. The van der Waals surface area contributed by atoms with Crippen molar-refractivity contribution in [2.45, 2.75) is 57.7 Å². The van der Waals surface area contributed by atoms with Gasteiger partial charge in [-0.25, -0.2) is 4.79 Å². The molecule has 0 bridgehead atoms. The summed E-state index contributed by atoms with van der Waals surface area (Å²) in [5.74, 6) is 1.15. The molecule has 0 aliphatic carbocycles. The van der Waals surface area contributed by atoms with Crippen LogP contribution in [0.2, 0.25) is 0 Å². The monoisotopic (exact) mass is 528 g/mol. The Bertz CT molecular complexity index is 1360. The van der Waals surface area contributed by atoms with Crippen molar-refractivity contribution in [3.05, 3.63) is 101 Å². The van der Waals surface area contributed by atoms with Gasteiger partial charge in [-0.1, -0.05) is 68.5 Å². The van der Waals surface area contributed by atoms with E-state index in [9.17, 15) is 9.90 Å². The number of fused-ring (bicyclic) bond motifs is 1. The highest BCUT2D eigenvalue weighted by atomic mass is 16.7. The fraction of sp³-hybridized carbons (Fsp3) is 0.364. The lowest BCUT2D eigenvalue weighted by molar-refractivity contribution is -0.139. The number of ether oxygens (including phenoxy) is 4. The maximum Gasteiger partial charge on any atom is 0.341 e. The molecule has 39 heavy (non-hydrogen) atoms. The first-order chi connectivity index (χ1) is 18.6. The topological polar surface area (TPSA) is 74.2 Å². The predicted molar refractivity (Wildman–Crippen MR) is 150 cm³/mol. The molecule has 2 heterocycles. The smallest absolute Gasteiger partial charge is 0.341 e. The molecule has 0 unspecified atom stereocenters. The third kappa shape index (κ3) is 5.39. The van der Waals surface area contributed by atoms with Crippen LogP contribution < -0.4 is 14.2 Å². The van der Waals surface area contributed by atoms with Crippen LogP contribution in [0.4, 0.5) is 0 Å². The van der Waals surface area contributed by atoms with E-state index in [4.69, 9.17) is 18.9 Å². The van der Waals surface area contributed by atoms with Crippen molar-refractivity contribution in [2.75, 3.05) is 13.4 Å². The summed E-state index contributed by atoms with van der Waals surface area (Å²) in [6.45, 7) is 12.6. The summed E-state index contributed by atoms with van der Waals surface area (Å²) >= 11 is 0. The Morgan fingerprint density at radius 2 is 1.77 bits per heavy atom. The van der Waals surface area contributed by atoms with Gasteiger partial charge in [0.05, 0.1) is 12.2 Å². The van der Waals surface area contributed by atoms with Gasteiger partial charge in [0.15, 0.2) is 18.1 Å². The molecule has 1 N–H and O–H groups in total. The molecular formula is C33H36O6. The zero-order chi connectivity index (χ0) is 27.7. The predicted octanol–water partition coefficient (Wildman–Crippen LogP) is 7.03. The van der Waals surface area contributed by atoms with Crippen LogP contribution in [-0.4, -0.2) is 30.6 Å². The number of hydrogen-bond acceptors (Lipinski definition) is 5. The normalized spacial score (nSPS) is 22.4. The van der Waals surface area contributed by atoms with E-state index in [1.165, 1.54) is 5.56 Å². The lowest BCUT2D eigenvalue weighted by atomic mass is 9.74. The first kappa shape index (κ1) is 26.8. The van der Waals surface area contributed by atoms with Crippen molar-refractivity contribution in [3.8, 4) is 17.2 Å². The van der Waals surface area contributed by atoms with E-state index in [1.807, 2.05) is 49.4 Å². The van der Waals surface area contributed by atoms with E-state index in [-0.39, 0.29) is 36.3 Å². The highest BCUT2D eigenvalue weighted by Crippen LogP contribution is 2.50. The van der Waals surface area contributed by atoms with Crippen molar-refractivity contribution in [1.29, 1.82) is 0 Å². The number of benzene rings is 3. The van der Waals surface area contributed by atoms with Gasteiger partial charge in [0.2, 0.25) is 6.79 Å². The Morgan fingerprint density at radius 1 is 1.03 bits per heavy atom. The summed E-state index contributed by atoms with van der Waals surface area (Å²) < 4.78 is 23.7. The molecule has 1 fully saturated rings. The summed E-state index contributed by atoms with van der Waals surface area (Å²) in [5, 5.41) is 9.33. The van der Waals surface area contributed by atoms with E-state index in [2.05, 4.69) is 51.6 Å². The third-order valence-corrected chi connectivity index (χ3v) is 8.14. The van der Waals surface area contributed by atoms with E-state index < -0.39 is 12.6 Å². The Labute approximate surface area is 230 Å². The van der Waals surface area contributed by atoms with Gasteiger partial charge in [-0.2, -0.15) is 0 Å². The fourth-order valence-corrected chi connectivity index (χ4v) is 5.76. The van der Waals surface area contributed by atoms with E-state index in [1.54, 1.807) is 0 Å². The van der Waals surface area contributed by atoms with Crippen molar-refractivity contribution < 1.29 is 28.8 Å². The molecule has 4 atom stereocenters. The summed E-state index contributed by atoms with van der Waals surface area (Å²) in [7, 11) is 0. The molecule has 5 rings (SSSR count). The molecule has 1 saturated heterocycles. The molecule has 0 saturated carbocycles. The number of hydrogen-bond donors (Lipinski definition) is 1. The van der Waals surface area contributed by atoms with Gasteiger partial charge in [0, 0.05) is 22.8 Å². The molecule has 2 aliphatic rings. The van der Waals surface area contributed by atoms with Crippen LogP contribution in [0.1, 0.15) is 68.4 Å². The average Bonchev–Trinajstić information content (AvgIpc) is 3.40. The fourth-order valence-electron chi connectivity index (χ4n) is 5.76. The number of carboxylic acids is 1. The molecule has 204 valence electrons. The van der Waals surface area contributed by atoms with Crippen LogP contribution in [0.15, 0.2) is 78.9 Å². The minimum atomic E-state index is -1.02. The van der Waals surface area contributed by atoms with Crippen LogP contribution in [-0.2, 0) is 14.9 Å². The molecule has 0 radical (unpaired) electrons. The Balaban J connectivity index is 1.53.